The van der Waals surface area contributed by atoms with Crippen LogP contribution in [0.3, 0.4) is 0 Å². The molecule has 4 N–H and O–H groups in total. The molecular formula is C17H17N3O4. The maximum atomic E-state index is 12.4. The van der Waals surface area contributed by atoms with Crippen LogP contribution < -0.4 is 16.0 Å². The predicted octanol–water partition coefficient (Wildman–Crippen LogP) is 2.53. The normalized spacial score (nSPS) is 11.2. The first-order valence-electron chi connectivity index (χ1n) is 7.23. The molecule has 0 heterocycles. The molecule has 0 aliphatic heterocycles. The van der Waals surface area contributed by atoms with Gasteiger partial charge in [-0.2, -0.15) is 0 Å². The van der Waals surface area contributed by atoms with E-state index in [1.807, 2.05) is 6.07 Å². The average molecular weight is 327 g/mol. The monoisotopic (exact) mass is 327 g/mol. The number of rotatable bonds is 5. The van der Waals surface area contributed by atoms with Gasteiger partial charge in [-0.05, 0) is 31.2 Å². The summed E-state index contributed by atoms with van der Waals surface area (Å²) < 4.78 is 0. The first-order chi connectivity index (χ1) is 11.5. The molecule has 24 heavy (non-hydrogen) atoms. The van der Waals surface area contributed by atoms with Gasteiger partial charge < -0.3 is 21.1 Å². The molecule has 0 aromatic heterocycles. The fourth-order valence-electron chi connectivity index (χ4n) is 2.00. The molecule has 2 rings (SSSR count). The van der Waals surface area contributed by atoms with Gasteiger partial charge in [-0.1, -0.05) is 30.3 Å². The molecule has 0 aliphatic carbocycles. The van der Waals surface area contributed by atoms with E-state index >= 15 is 0 Å². The molecule has 1 atom stereocenters. The summed E-state index contributed by atoms with van der Waals surface area (Å²) in [6, 6.07) is 14.5. The summed E-state index contributed by atoms with van der Waals surface area (Å²) in [5, 5.41) is 16.0. The van der Waals surface area contributed by atoms with Crippen molar-refractivity contribution in [1.29, 1.82) is 0 Å². The Labute approximate surface area is 138 Å². The van der Waals surface area contributed by atoms with Crippen LogP contribution in [0.2, 0.25) is 0 Å². The van der Waals surface area contributed by atoms with Gasteiger partial charge in [0.1, 0.15) is 6.04 Å². The zero-order valence-electron chi connectivity index (χ0n) is 12.9. The van der Waals surface area contributed by atoms with Gasteiger partial charge in [0.25, 0.3) is 5.91 Å². The van der Waals surface area contributed by atoms with E-state index in [0.29, 0.717) is 11.4 Å². The van der Waals surface area contributed by atoms with Gasteiger partial charge in [-0.3, -0.25) is 9.59 Å². The SMILES string of the molecule is C[C@H](NC(=O)O)C(=O)Nc1ccccc1C(=O)Nc1ccccc1. The number of hydrogen-bond acceptors (Lipinski definition) is 3. The van der Waals surface area contributed by atoms with Crippen molar-refractivity contribution in [3.05, 3.63) is 60.2 Å². The lowest BCUT2D eigenvalue weighted by atomic mass is 10.1. The van der Waals surface area contributed by atoms with E-state index in [4.69, 9.17) is 5.11 Å². The fraction of sp³-hybridized carbons (Fsp3) is 0.118. The van der Waals surface area contributed by atoms with Crippen molar-refractivity contribution in [2.45, 2.75) is 13.0 Å². The summed E-state index contributed by atoms with van der Waals surface area (Å²) >= 11 is 0. The Morgan fingerprint density at radius 3 is 2.21 bits per heavy atom. The number of benzene rings is 2. The maximum absolute atomic E-state index is 12.4. The average Bonchev–Trinajstić information content (AvgIpc) is 2.55. The summed E-state index contributed by atoms with van der Waals surface area (Å²) in [4.78, 5) is 35.0. The Morgan fingerprint density at radius 1 is 0.917 bits per heavy atom. The third kappa shape index (κ3) is 4.57. The molecule has 0 fully saturated rings. The Hall–Kier alpha value is -3.35. The second kappa shape index (κ2) is 7.77. The van der Waals surface area contributed by atoms with Crippen LogP contribution in [-0.2, 0) is 4.79 Å². The Bertz CT molecular complexity index is 747. The summed E-state index contributed by atoms with van der Waals surface area (Å²) in [7, 11) is 0. The van der Waals surface area contributed by atoms with Crippen LogP contribution in [-0.4, -0.2) is 29.1 Å². The minimum Gasteiger partial charge on any atom is -0.465 e. The van der Waals surface area contributed by atoms with Crippen molar-refractivity contribution in [3.63, 3.8) is 0 Å². The predicted molar refractivity (Wildman–Crippen MR) is 90.1 cm³/mol. The first kappa shape index (κ1) is 17.0. The molecule has 0 bridgehead atoms. The lowest BCUT2D eigenvalue weighted by Crippen LogP contribution is -2.41. The van der Waals surface area contributed by atoms with Crippen molar-refractivity contribution < 1.29 is 19.5 Å². The molecule has 124 valence electrons. The van der Waals surface area contributed by atoms with Crippen LogP contribution in [0.4, 0.5) is 16.2 Å². The second-order valence-corrected chi connectivity index (χ2v) is 5.03. The third-order valence-corrected chi connectivity index (χ3v) is 3.19. The summed E-state index contributed by atoms with van der Waals surface area (Å²) in [5.74, 6) is -0.937. The standard InChI is InChI=1S/C17H17N3O4/c1-11(18-17(23)24)15(21)20-14-10-6-5-9-13(14)16(22)19-12-7-3-2-4-8-12/h2-11,18H,1H3,(H,19,22)(H,20,21)(H,23,24)/t11-/m0/s1. The number of carbonyl (C=O) groups excluding carboxylic acids is 2. The molecule has 0 aliphatic rings. The molecule has 2 aromatic rings. The quantitative estimate of drug-likeness (QED) is 0.677. The number of amides is 3. The molecule has 7 nitrogen and oxygen atoms in total. The number of anilines is 2. The molecule has 0 saturated heterocycles. The molecule has 0 radical (unpaired) electrons. The number of nitrogens with one attached hydrogen (secondary N) is 3. The number of carboxylic acid groups (broad SMARTS) is 1. The highest BCUT2D eigenvalue weighted by atomic mass is 16.4. The number of hydrogen-bond donors (Lipinski definition) is 4. The first-order valence-corrected chi connectivity index (χ1v) is 7.23. The van der Waals surface area contributed by atoms with Crippen molar-refractivity contribution in [1.82, 2.24) is 5.32 Å². The van der Waals surface area contributed by atoms with E-state index in [0.717, 1.165) is 0 Å². The Balaban J connectivity index is 2.13. The van der Waals surface area contributed by atoms with Gasteiger partial charge >= 0.3 is 6.09 Å². The topological polar surface area (TPSA) is 108 Å². The lowest BCUT2D eigenvalue weighted by Gasteiger charge is -2.14. The van der Waals surface area contributed by atoms with Gasteiger partial charge in [0.15, 0.2) is 0 Å². The van der Waals surface area contributed by atoms with E-state index in [2.05, 4.69) is 16.0 Å². The van der Waals surface area contributed by atoms with Crippen LogP contribution in [0.5, 0.6) is 0 Å². The minimum atomic E-state index is -1.30. The van der Waals surface area contributed by atoms with E-state index in [1.54, 1.807) is 48.5 Å². The number of carbonyl (C=O) groups is 3. The lowest BCUT2D eigenvalue weighted by molar-refractivity contribution is -0.117. The summed E-state index contributed by atoms with van der Waals surface area (Å²) in [5.41, 5.74) is 1.21. The van der Waals surface area contributed by atoms with Crippen LogP contribution in [0.25, 0.3) is 0 Å². The zero-order valence-corrected chi connectivity index (χ0v) is 12.9. The minimum absolute atomic E-state index is 0.275. The van der Waals surface area contributed by atoms with Crippen LogP contribution in [0.1, 0.15) is 17.3 Å². The molecule has 0 saturated carbocycles. The second-order valence-electron chi connectivity index (χ2n) is 5.03. The van der Waals surface area contributed by atoms with E-state index in [9.17, 15) is 14.4 Å². The number of para-hydroxylation sites is 2. The third-order valence-electron chi connectivity index (χ3n) is 3.19. The highest BCUT2D eigenvalue weighted by Gasteiger charge is 2.18. The highest BCUT2D eigenvalue weighted by Crippen LogP contribution is 2.17. The maximum Gasteiger partial charge on any atom is 0.405 e. The van der Waals surface area contributed by atoms with Gasteiger partial charge in [0.2, 0.25) is 5.91 Å². The smallest absolute Gasteiger partial charge is 0.405 e. The van der Waals surface area contributed by atoms with Gasteiger partial charge in [0, 0.05) is 5.69 Å². The largest absolute Gasteiger partial charge is 0.465 e. The van der Waals surface area contributed by atoms with Gasteiger partial charge in [-0.25, -0.2) is 4.79 Å². The van der Waals surface area contributed by atoms with Crippen LogP contribution in [0, 0.1) is 0 Å². The fourth-order valence-corrected chi connectivity index (χ4v) is 2.00. The van der Waals surface area contributed by atoms with E-state index in [-0.39, 0.29) is 11.5 Å². The van der Waals surface area contributed by atoms with Crippen molar-refractivity contribution >= 4 is 29.3 Å². The summed E-state index contributed by atoms with van der Waals surface area (Å²) in [6.07, 6.45) is -1.30. The highest BCUT2D eigenvalue weighted by molar-refractivity contribution is 6.10. The van der Waals surface area contributed by atoms with Crippen LogP contribution in [0.15, 0.2) is 54.6 Å². The van der Waals surface area contributed by atoms with Crippen molar-refractivity contribution in [3.8, 4) is 0 Å². The van der Waals surface area contributed by atoms with Crippen molar-refractivity contribution in [2.24, 2.45) is 0 Å². The van der Waals surface area contributed by atoms with Crippen LogP contribution >= 0.6 is 0 Å². The van der Waals surface area contributed by atoms with Crippen molar-refractivity contribution in [2.75, 3.05) is 10.6 Å². The Kier molecular flexibility index (Phi) is 5.51. The van der Waals surface area contributed by atoms with E-state index < -0.39 is 18.0 Å². The molecular weight excluding hydrogens is 310 g/mol. The molecule has 2 aromatic carbocycles. The zero-order chi connectivity index (χ0) is 17.5. The molecule has 0 spiro atoms. The van der Waals surface area contributed by atoms with E-state index in [1.165, 1.54) is 6.92 Å². The van der Waals surface area contributed by atoms with Gasteiger partial charge in [-0.15, -0.1) is 0 Å². The molecule has 7 heteroatoms. The molecule has 3 amide bonds. The van der Waals surface area contributed by atoms with Gasteiger partial charge in [0.05, 0.1) is 11.3 Å². The molecule has 0 unspecified atom stereocenters. The summed E-state index contributed by atoms with van der Waals surface area (Å²) in [6.45, 7) is 1.41. The Morgan fingerprint density at radius 2 is 1.54 bits per heavy atom.